The Morgan fingerprint density at radius 2 is 2.15 bits per heavy atom. The van der Waals surface area contributed by atoms with E-state index in [0.717, 1.165) is 35.8 Å². The van der Waals surface area contributed by atoms with Crippen molar-refractivity contribution >= 4 is 29.2 Å². The molecule has 1 saturated carbocycles. The van der Waals surface area contributed by atoms with Gasteiger partial charge in [-0.15, -0.1) is 0 Å². The van der Waals surface area contributed by atoms with Gasteiger partial charge in [-0.3, -0.25) is 0 Å². The van der Waals surface area contributed by atoms with Gasteiger partial charge in [0.15, 0.2) is 0 Å². The van der Waals surface area contributed by atoms with E-state index in [4.69, 9.17) is 4.11 Å². The number of nitrogens with one attached hydrogen (secondary N) is 2. The predicted molar refractivity (Wildman–Crippen MR) is 94.5 cm³/mol. The van der Waals surface area contributed by atoms with Crippen LogP contribution < -0.4 is 14.9 Å². The highest BCUT2D eigenvalue weighted by Crippen LogP contribution is 2.46. The Balaban J connectivity index is 1.69. The van der Waals surface area contributed by atoms with Crippen molar-refractivity contribution in [3.05, 3.63) is 17.9 Å². The van der Waals surface area contributed by atoms with Crippen LogP contribution in [-0.2, 0) is 0 Å². The normalized spacial score (nSPS) is 28.4. The maximum atomic E-state index is 14.2. The van der Waals surface area contributed by atoms with Gasteiger partial charge >= 0.3 is 6.18 Å². The molecule has 2 fully saturated rings. The molecule has 2 N–H and O–H groups in total. The van der Waals surface area contributed by atoms with E-state index in [1.807, 2.05) is 0 Å². The molecule has 0 aromatic heterocycles. The summed E-state index contributed by atoms with van der Waals surface area (Å²) in [6, 6.07) is -0.387. The smallest absolute Gasteiger partial charge is 0.358 e. The van der Waals surface area contributed by atoms with Crippen molar-refractivity contribution in [3.8, 4) is 0 Å². The lowest BCUT2D eigenvalue weighted by Crippen LogP contribution is -2.54. The highest BCUT2D eigenvalue weighted by atomic mass is 32.2. The second kappa shape index (κ2) is 6.60. The average Bonchev–Trinajstić information content (AvgIpc) is 3.43. The van der Waals surface area contributed by atoms with Crippen LogP contribution in [0.25, 0.3) is 0 Å². The van der Waals surface area contributed by atoms with Crippen LogP contribution in [-0.4, -0.2) is 37.6 Å². The lowest BCUT2D eigenvalue weighted by Gasteiger charge is -2.42. The summed E-state index contributed by atoms with van der Waals surface area (Å²) in [6.45, 7) is -2.58. The van der Waals surface area contributed by atoms with E-state index in [0.29, 0.717) is 16.4 Å². The van der Waals surface area contributed by atoms with Gasteiger partial charge in [-0.25, -0.2) is 9.38 Å². The summed E-state index contributed by atoms with van der Waals surface area (Å²) in [6.07, 6.45) is -2.90. The molecule has 0 bridgehead atoms. The number of fused-ring (bicyclic) bond motifs is 1. The number of piperidine rings is 1. The zero-order valence-electron chi connectivity index (χ0n) is 16.7. The fraction of sp³-hybridized carbons (Fsp3) is 0.588. The van der Waals surface area contributed by atoms with Gasteiger partial charge in [0, 0.05) is 22.6 Å². The summed E-state index contributed by atoms with van der Waals surface area (Å²) in [7, 11) is 0. The first-order chi connectivity index (χ1) is 13.5. The van der Waals surface area contributed by atoms with Crippen molar-refractivity contribution in [1.29, 1.82) is 0 Å². The molecule has 2 aliphatic heterocycles. The molecule has 1 aliphatic carbocycles. The summed E-state index contributed by atoms with van der Waals surface area (Å²) < 4.78 is 80.7. The molecule has 9 heteroatoms. The van der Waals surface area contributed by atoms with E-state index < -0.39 is 37.5 Å². The van der Waals surface area contributed by atoms with Crippen LogP contribution in [0.15, 0.2) is 22.0 Å². The first-order valence-electron chi connectivity index (χ1n) is 9.97. The summed E-state index contributed by atoms with van der Waals surface area (Å²) in [5.41, 5.74) is 0.440. The molecular weight excluding hydrogens is 368 g/mol. The first-order valence-corrected chi connectivity index (χ1v) is 9.29. The molecule has 3 aliphatic rings. The number of nitrogens with zero attached hydrogens (tertiary/aromatic N) is 2. The zero-order chi connectivity index (χ0) is 21.0. The lowest BCUT2D eigenvalue weighted by molar-refractivity contribution is -0.154. The number of amidine groups is 1. The second-order valence-corrected chi connectivity index (χ2v) is 7.71. The van der Waals surface area contributed by atoms with Crippen LogP contribution in [0.1, 0.15) is 29.8 Å². The van der Waals surface area contributed by atoms with E-state index in [-0.39, 0.29) is 24.6 Å². The molecule has 1 aromatic rings. The number of anilines is 1. The van der Waals surface area contributed by atoms with Gasteiger partial charge in [0.1, 0.15) is 23.4 Å². The first kappa shape index (κ1) is 14.6. The standard InChI is InChI=1S/C17H20F4N4S/c1-22-11-4-5-25(14(8-11)17(19,20)21)12-6-10(18)7-13-15(12)23-16(24-26-13)9-2-3-9/h6-7,9,11,14,22H,2-5,8H2,1H3,(H,23,24)/t11-,14+/m1/s1/i1D3. The molecule has 2 atom stereocenters. The van der Waals surface area contributed by atoms with Crippen molar-refractivity contribution in [2.45, 2.75) is 48.8 Å². The second-order valence-electron chi connectivity index (χ2n) is 6.86. The molecule has 4 rings (SSSR count). The van der Waals surface area contributed by atoms with E-state index in [1.165, 1.54) is 6.07 Å². The van der Waals surface area contributed by atoms with Gasteiger partial charge in [-0.1, -0.05) is 0 Å². The van der Waals surface area contributed by atoms with Crippen LogP contribution in [0, 0.1) is 11.7 Å². The third-order valence-corrected chi connectivity index (χ3v) is 5.82. The van der Waals surface area contributed by atoms with Crippen LogP contribution in [0.4, 0.5) is 28.9 Å². The number of hydrogen-bond donors (Lipinski definition) is 2. The molecular formula is C17H20F4N4S. The van der Waals surface area contributed by atoms with Crippen molar-refractivity contribution in [3.63, 3.8) is 0 Å². The van der Waals surface area contributed by atoms with Gasteiger partial charge < -0.3 is 14.9 Å². The summed E-state index contributed by atoms with van der Waals surface area (Å²) in [4.78, 5) is 6.08. The van der Waals surface area contributed by atoms with E-state index in [2.05, 4.69) is 15.0 Å². The number of hydrogen-bond acceptors (Lipinski definition) is 5. The summed E-state index contributed by atoms with van der Waals surface area (Å²) in [5.74, 6) is 0.334. The molecule has 142 valence electrons. The maximum absolute atomic E-state index is 14.2. The number of aliphatic imine (C=N–C) groups is 1. The number of halogens is 4. The third kappa shape index (κ3) is 3.38. The summed E-state index contributed by atoms with van der Waals surface area (Å²) >= 11 is 1.16. The Kier molecular flexibility index (Phi) is 3.70. The Morgan fingerprint density at radius 1 is 1.35 bits per heavy atom. The lowest BCUT2D eigenvalue weighted by atomic mass is 9.95. The number of alkyl halides is 3. The monoisotopic (exact) mass is 391 g/mol. The Hall–Kier alpha value is -1.48. The predicted octanol–water partition coefficient (Wildman–Crippen LogP) is 4.00. The number of rotatable bonds is 3. The molecule has 1 saturated heterocycles. The minimum absolute atomic E-state index is 0.0554. The molecule has 1 aromatic carbocycles. The van der Waals surface area contributed by atoms with Gasteiger partial charge in [-0.2, -0.15) is 13.2 Å². The van der Waals surface area contributed by atoms with Crippen molar-refractivity contribution in [2.75, 3.05) is 18.4 Å². The van der Waals surface area contributed by atoms with Crippen LogP contribution in [0.5, 0.6) is 0 Å². The van der Waals surface area contributed by atoms with Gasteiger partial charge in [0.2, 0.25) is 0 Å². The zero-order valence-corrected chi connectivity index (χ0v) is 14.6. The van der Waals surface area contributed by atoms with Crippen LogP contribution >= 0.6 is 11.9 Å². The molecule has 2 heterocycles. The minimum Gasteiger partial charge on any atom is -0.358 e. The van der Waals surface area contributed by atoms with Gasteiger partial charge in [-0.05, 0) is 56.7 Å². The highest BCUT2D eigenvalue weighted by molar-refractivity contribution is 7.98. The molecule has 0 radical (unpaired) electrons. The molecule has 4 nitrogen and oxygen atoms in total. The van der Waals surface area contributed by atoms with E-state index >= 15 is 0 Å². The highest BCUT2D eigenvalue weighted by Gasteiger charge is 2.47. The molecule has 0 unspecified atom stereocenters. The average molecular weight is 391 g/mol. The van der Waals surface area contributed by atoms with Gasteiger partial charge in [0.05, 0.1) is 10.6 Å². The molecule has 26 heavy (non-hydrogen) atoms. The van der Waals surface area contributed by atoms with Crippen molar-refractivity contribution in [1.82, 2.24) is 10.0 Å². The topological polar surface area (TPSA) is 39.7 Å². The fourth-order valence-corrected chi connectivity index (χ4v) is 4.29. The Labute approximate surface area is 157 Å². The Bertz CT molecular complexity index is 826. The van der Waals surface area contributed by atoms with Crippen molar-refractivity contribution in [2.24, 2.45) is 10.9 Å². The quantitative estimate of drug-likeness (QED) is 0.604. The Morgan fingerprint density at radius 3 is 2.85 bits per heavy atom. The maximum Gasteiger partial charge on any atom is 0.408 e. The minimum atomic E-state index is -4.60. The van der Waals surface area contributed by atoms with E-state index in [1.54, 1.807) is 0 Å². The molecule has 0 amide bonds. The molecule has 0 spiro atoms. The van der Waals surface area contributed by atoms with E-state index in [9.17, 15) is 17.6 Å². The SMILES string of the molecule is [2H]C([2H])([2H])N[C@@H]1CCN(c2cc(F)cc3c2N=C(C2CC2)NS3)[C@H](C(F)(F)F)C1. The van der Waals surface area contributed by atoms with Crippen LogP contribution in [0.2, 0.25) is 0 Å². The van der Waals surface area contributed by atoms with Crippen LogP contribution in [0.3, 0.4) is 0 Å². The largest absolute Gasteiger partial charge is 0.408 e. The number of benzene rings is 1. The third-order valence-electron chi connectivity index (χ3n) is 4.98. The fourth-order valence-electron chi connectivity index (χ4n) is 3.45. The van der Waals surface area contributed by atoms with Gasteiger partial charge in [0.25, 0.3) is 0 Å². The summed E-state index contributed by atoms with van der Waals surface area (Å²) in [5, 5.41) is 2.29. The van der Waals surface area contributed by atoms with Crippen molar-refractivity contribution < 1.29 is 21.7 Å².